The molecule has 0 fully saturated rings. The number of carbonyl (C=O) groups is 1. The number of nitrogens with zero attached hydrogens (tertiary/aromatic N) is 1. The number of anilines is 1. The monoisotopic (exact) mass is 422 g/mol. The molecule has 140 valence electrons. The van der Waals surface area contributed by atoms with Gasteiger partial charge < -0.3 is 10.1 Å². The summed E-state index contributed by atoms with van der Waals surface area (Å²) in [5.74, 6) is -0.849. The summed E-state index contributed by atoms with van der Waals surface area (Å²) in [6, 6.07) is 4.58. The molecule has 1 aliphatic carbocycles. The molecule has 1 unspecified atom stereocenters. The van der Waals surface area contributed by atoms with Crippen molar-refractivity contribution in [3.8, 4) is 0 Å². The third kappa shape index (κ3) is 3.28. The van der Waals surface area contributed by atoms with Gasteiger partial charge in [-0.05, 0) is 37.5 Å². The maximum Gasteiger partial charge on any atom is 0.309 e. The molecule has 4 rings (SSSR count). The van der Waals surface area contributed by atoms with Gasteiger partial charge in [-0.1, -0.05) is 29.9 Å². The van der Waals surface area contributed by atoms with Crippen LogP contribution in [0.25, 0.3) is 0 Å². The molecule has 0 radical (unpaired) electrons. The Kier molecular flexibility index (Phi) is 5.01. The maximum atomic E-state index is 14.6. The van der Waals surface area contributed by atoms with Gasteiger partial charge in [0.25, 0.3) is 0 Å². The van der Waals surface area contributed by atoms with E-state index in [0.717, 1.165) is 21.0 Å². The van der Waals surface area contributed by atoms with Crippen LogP contribution in [0.15, 0.2) is 23.2 Å². The van der Waals surface area contributed by atoms with Gasteiger partial charge in [0.1, 0.15) is 15.8 Å². The summed E-state index contributed by atoms with van der Waals surface area (Å²) in [6.45, 7) is 2.41. The minimum Gasteiger partial charge on any atom is -0.466 e. The lowest BCUT2D eigenvalue weighted by Gasteiger charge is -2.12. The number of rotatable bonds is 3. The second-order valence-corrected chi connectivity index (χ2v) is 8.38. The van der Waals surface area contributed by atoms with Crippen LogP contribution in [-0.2, 0) is 22.4 Å². The molecule has 0 saturated heterocycles. The number of thiophene rings is 1. The summed E-state index contributed by atoms with van der Waals surface area (Å²) < 4.78 is 19.8. The number of hydrogen-bond donors (Lipinski definition) is 1. The normalized spacial score (nSPS) is 18.3. The molecule has 27 heavy (non-hydrogen) atoms. The molecule has 0 saturated carbocycles. The molecular formula is C19H16ClFN2O2S2. The Labute approximate surface area is 170 Å². The number of ether oxygens (including phenoxy) is 1. The van der Waals surface area contributed by atoms with Crippen LogP contribution in [0.3, 0.4) is 0 Å². The molecule has 2 heterocycles. The van der Waals surface area contributed by atoms with E-state index in [1.807, 2.05) is 0 Å². The molecule has 1 aliphatic heterocycles. The zero-order valence-electron chi connectivity index (χ0n) is 14.5. The Bertz CT molecular complexity index is 966. The van der Waals surface area contributed by atoms with E-state index in [1.54, 1.807) is 19.1 Å². The first-order valence-electron chi connectivity index (χ1n) is 8.59. The zero-order chi connectivity index (χ0) is 19.1. The fourth-order valence-corrected chi connectivity index (χ4v) is 5.34. The molecule has 4 nitrogen and oxygen atoms in total. The van der Waals surface area contributed by atoms with Crippen LogP contribution in [0.1, 0.15) is 28.5 Å². The summed E-state index contributed by atoms with van der Waals surface area (Å²) in [5.41, 5.74) is 2.56. The lowest BCUT2D eigenvalue weighted by Crippen LogP contribution is -2.18. The number of thiocarbonyl (C=S) groups is 1. The molecule has 0 spiro atoms. The number of halogens is 2. The van der Waals surface area contributed by atoms with Crippen LogP contribution in [0, 0.1) is 11.7 Å². The molecule has 1 N–H and O–H groups in total. The van der Waals surface area contributed by atoms with Crippen LogP contribution >= 0.6 is 35.2 Å². The van der Waals surface area contributed by atoms with E-state index < -0.39 is 5.82 Å². The highest BCUT2D eigenvalue weighted by molar-refractivity contribution is 7.80. The SMILES string of the molecule is CCOC(=O)C1Cc2sc3c(c2C1)C(c1c(F)cccc1Cl)=NCC(=S)N3. The second-order valence-electron chi connectivity index (χ2n) is 6.37. The smallest absolute Gasteiger partial charge is 0.309 e. The topological polar surface area (TPSA) is 50.7 Å². The van der Waals surface area contributed by atoms with E-state index in [0.29, 0.717) is 35.2 Å². The van der Waals surface area contributed by atoms with Gasteiger partial charge in [0.05, 0.1) is 35.4 Å². The maximum absolute atomic E-state index is 14.6. The molecule has 2 aliphatic rings. The summed E-state index contributed by atoms with van der Waals surface area (Å²) in [7, 11) is 0. The van der Waals surface area contributed by atoms with Crippen molar-refractivity contribution in [3.05, 3.63) is 50.6 Å². The van der Waals surface area contributed by atoms with Gasteiger partial charge in [0.15, 0.2) is 0 Å². The van der Waals surface area contributed by atoms with Crippen molar-refractivity contribution < 1.29 is 13.9 Å². The highest BCUT2D eigenvalue weighted by Crippen LogP contribution is 2.44. The molecule has 2 aromatic rings. The summed E-state index contributed by atoms with van der Waals surface area (Å²) in [6.07, 6.45) is 1.15. The van der Waals surface area contributed by atoms with E-state index in [2.05, 4.69) is 10.3 Å². The average Bonchev–Trinajstić information content (AvgIpc) is 3.11. The van der Waals surface area contributed by atoms with Gasteiger partial charge >= 0.3 is 5.97 Å². The molecule has 0 bridgehead atoms. The molecule has 1 aromatic carbocycles. The number of benzene rings is 1. The Morgan fingerprint density at radius 1 is 1.44 bits per heavy atom. The van der Waals surface area contributed by atoms with Gasteiger partial charge in [-0.3, -0.25) is 9.79 Å². The Morgan fingerprint density at radius 2 is 2.26 bits per heavy atom. The predicted octanol–water partition coefficient (Wildman–Crippen LogP) is 4.41. The molecule has 1 aromatic heterocycles. The van der Waals surface area contributed by atoms with Gasteiger partial charge in [-0.25, -0.2) is 4.39 Å². The molecule has 8 heteroatoms. The third-order valence-corrected chi connectivity index (χ3v) is 6.38. The van der Waals surface area contributed by atoms with Gasteiger partial charge in [0, 0.05) is 10.4 Å². The number of hydrogen-bond acceptors (Lipinski definition) is 5. The summed E-state index contributed by atoms with van der Waals surface area (Å²) in [5, 5.41) is 4.35. The largest absolute Gasteiger partial charge is 0.466 e. The zero-order valence-corrected chi connectivity index (χ0v) is 16.9. The molecule has 1 atom stereocenters. The van der Waals surface area contributed by atoms with E-state index in [-0.39, 0.29) is 24.0 Å². The van der Waals surface area contributed by atoms with Crippen molar-refractivity contribution in [1.29, 1.82) is 0 Å². The third-order valence-electron chi connectivity index (χ3n) is 4.66. The first-order chi connectivity index (χ1) is 13.0. The first-order valence-corrected chi connectivity index (χ1v) is 10.2. The van der Waals surface area contributed by atoms with Crippen molar-refractivity contribution in [2.45, 2.75) is 19.8 Å². The van der Waals surface area contributed by atoms with Gasteiger partial charge in [-0.15, -0.1) is 11.3 Å². The van der Waals surface area contributed by atoms with Crippen molar-refractivity contribution in [3.63, 3.8) is 0 Å². The van der Waals surface area contributed by atoms with E-state index in [4.69, 9.17) is 28.6 Å². The highest BCUT2D eigenvalue weighted by atomic mass is 35.5. The second kappa shape index (κ2) is 7.30. The Morgan fingerprint density at radius 3 is 3.00 bits per heavy atom. The Balaban J connectivity index is 1.83. The highest BCUT2D eigenvalue weighted by Gasteiger charge is 2.36. The number of fused-ring (bicyclic) bond motifs is 3. The van der Waals surface area contributed by atoms with Crippen LogP contribution < -0.4 is 5.32 Å². The fraction of sp³-hybridized carbons (Fsp3) is 0.316. The number of aliphatic imine (C=N–C) groups is 1. The number of carbonyl (C=O) groups excluding carboxylic acids is 1. The van der Waals surface area contributed by atoms with Crippen LogP contribution in [-0.4, -0.2) is 29.8 Å². The average molecular weight is 423 g/mol. The van der Waals surface area contributed by atoms with Crippen LogP contribution in [0.5, 0.6) is 0 Å². The minimum absolute atomic E-state index is 0.200. The first kappa shape index (κ1) is 18.5. The minimum atomic E-state index is -0.431. The number of esters is 1. The quantitative estimate of drug-likeness (QED) is 0.588. The van der Waals surface area contributed by atoms with Crippen LogP contribution in [0.2, 0.25) is 5.02 Å². The molecular weight excluding hydrogens is 407 g/mol. The van der Waals surface area contributed by atoms with Crippen LogP contribution in [0.4, 0.5) is 9.39 Å². The lowest BCUT2D eigenvalue weighted by atomic mass is 9.97. The lowest BCUT2D eigenvalue weighted by molar-refractivity contribution is -0.147. The summed E-state index contributed by atoms with van der Waals surface area (Å²) >= 11 is 13.2. The van der Waals surface area contributed by atoms with Crippen molar-refractivity contribution >= 4 is 56.8 Å². The predicted molar refractivity (Wildman–Crippen MR) is 110 cm³/mol. The number of nitrogens with one attached hydrogen (secondary N) is 1. The van der Waals surface area contributed by atoms with E-state index in [1.165, 1.54) is 17.4 Å². The fourth-order valence-electron chi connectivity index (χ4n) is 3.52. The molecule has 0 amide bonds. The van der Waals surface area contributed by atoms with E-state index >= 15 is 0 Å². The van der Waals surface area contributed by atoms with Crippen molar-refractivity contribution in [2.24, 2.45) is 10.9 Å². The standard InChI is InChI=1S/C19H16ClFN2O2S2/c1-2-25-19(24)9-6-10-13(7-9)27-18-15(10)17(22-8-14(26)23-18)16-11(20)4-3-5-12(16)21/h3-5,9H,2,6-8H2,1H3,(H,23,26). The van der Waals surface area contributed by atoms with Crippen molar-refractivity contribution in [2.75, 3.05) is 18.5 Å². The van der Waals surface area contributed by atoms with Crippen molar-refractivity contribution in [1.82, 2.24) is 0 Å². The van der Waals surface area contributed by atoms with Gasteiger partial charge in [0.2, 0.25) is 0 Å². The van der Waals surface area contributed by atoms with E-state index in [9.17, 15) is 9.18 Å². The summed E-state index contributed by atoms with van der Waals surface area (Å²) in [4.78, 5) is 18.4. The Hall–Kier alpha value is -1.83. The van der Waals surface area contributed by atoms with Gasteiger partial charge in [-0.2, -0.15) is 0 Å².